The van der Waals surface area contributed by atoms with Crippen molar-refractivity contribution >= 4 is 34.0 Å². The van der Waals surface area contributed by atoms with Gasteiger partial charge in [0, 0.05) is 17.2 Å². The van der Waals surface area contributed by atoms with Gasteiger partial charge in [0.25, 0.3) is 5.91 Å². The molecule has 2 N–H and O–H groups in total. The summed E-state index contributed by atoms with van der Waals surface area (Å²) in [6, 6.07) is 8.78. The van der Waals surface area contributed by atoms with E-state index in [1.165, 1.54) is 0 Å². The molecule has 1 aliphatic carbocycles. The lowest BCUT2D eigenvalue weighted by atomic mass is 10.1. The Balaban J connectivity index is 1.72. The summed E-state index contributed by atoms with van der Waals surface area (Å²) in [7, 11) is 0. The molecule has 0 aliphatic heterocycles. The van der Waals surface area contributed by atoms with Gasteiger partial charge in [0.2, 0.25) is 5.91 Å². The largest absolute Gasteiger partial charge is 0.326 e. The average molecular weight is 340 g/mol. The minimum absolute atomic E-state index is 0.00935. The lowest BCUT2D eigenvalue weighted by molar-refractivity contribution is -0.117. The molecule has 1 aromatic carbocycles. The molecule has 7 heteroatoms. The molecule has 0 radical (unpaired) electrons. The van der Waals surface area contributed by atoms with E-state index in [1.807, 2.05) is 13.0 Å². The van der Waals surface area contributed by atoms with E-state index in [4.69, 9.17) is 5.26 Å². The van der Waals surface area contributed by atoms with Gasteiger partial charge in [-0.05, 0) is 49.0 Å². The molecule has 0 unspecified atom stereocenters. The highest BCUT2D eigenvalue weighted by atomic mass is 32.1. The van der Waals surface area contributed by atoms with E-state index in [0.717, 1.165) is 18.0 Å². The van der Waals surface area contributed by atoms with Crippen LogP contribution in [0.1, 0.15) is 35.0 Å². The molecule has 2 atom stereocenters. The predicted octanol–water partition coefficient (Wildman–Crippen LogP) is 3.17. The highest BCUT2D eigenvalue weighted by Crippen LogP contribution is 2.38. The number of hydrogen-bond acceptors (Lipinski definition) is 5. The van der Waals surface area contributed by atoms with Crippen LogP contribution in [0.4, 0.5) is 10.7 Å². The van der Waals surface area contributed by atoms with Crippen molar-refractivity contribution in [1.82, 2.24) is 4.37 Å². The van der Waals surface area contributed by atoms with Crippen LogP contribution in [0, 0.1) is 30.1 Å². The second kappa shape index (κ2) is 6.42. The molecular weight excluding hydrogens is 324 g/mol. The fraction of sp³-hybridized carbons (Fsp3) is 0.294. The summed E-state index contributed by atoms with van der Waals surface area (Å²) in [5, 5.41) is 15.1. The molecule has 1 fully saturated rings. The third kappa shape index (κ3) is 3.29. The predicted molar refractivity (Wildman–Crippen MR) is 91.9 cm³/mol. The zero-order chi connectivity index (χ0) is 17.3. The first-order valence-corrected chi connectivity index (χ1v) is 8.35. The molecule has 0 saturated heterocycles. The number of nitrogens with one attached hydrogen (secondary N) is 2. The number of aromatic nitrogens is 1. The Kier molecular flexibility index (Phi) is 4.32. The van der Waals surface area contributed by atoms with Gasteiger partial charge in [-0.1, -0.05) is 13.0 Å². The molecule has 1 aromatic heterocycles. The summed E-state index contributed by atoms with van der Waals surface area (Å²) in [5.74, 6) is 0.146. The van der Waals surface area contributed by atoms with E-state index >= 15 is 0 Å². The van der Waals surface area contributed by atoms with Crippen molar-refractivity contribution < 1.29 is 9.59 Å². The van der Waals surface area contributed by atoms with Crippen molar-refractivity contribution in [3.63, 3.8) is 0 Å². The first-order valence-electron chi connectivity index (χ1n) is 7.58. The maximum absolute atomic E-state index is 12.4. The Morgan fingerprint density at radius 3 is 2.79 bits per heavy atom. The lowest BCUT2D eigenvalue weighted by Gasteiger charge is -2.07. The minimum Gasteiger partial charge on any atom is -0.326 e. The SMILES string of the molecule is Cc1nsc(NC(=O)c2cccc(NC(=O)[C@@H]3C[C@H]3C)c2)c1C#N. The van der Waals surface area contributed by atoms with Gasteiger partial charge in [-0.2, -0.15) is 9.64 Å². The third-order valence-electron chi connectivity index (χ3n) is 4.04. The highest BCUT2D eigenvalue weighted by Gasteiger charge is 2.39. The minimum atomic E-state index is -0.342. The maximum atomic E-state index is 12.4. The monoisotopic (exact) mass is 340 g/mol. The fourth-order valence-corrected chi connectivity index (χ4v) is 3.17. The standard InChI is InChI=1S/C17H16N4O2S/c1-9-6-13(9)16(23)19-12-5-3-4-11(7-12)15(22)20-17-14(8-18)10(2)21-24-17/h3-5,7,9,13H,6H2,1-2H3,(H,19,23)(H,20,22)/t9-,13-/m1/s1. The van der Waals surface area contributed by atoms with E-state index in [2.05, 4.69) is 15.0 Å². The summed E-state index contributed by atoms with van der Waals surface area (Å²) in [5.41, 5.74) is 1.97. The normalized spacial score (nSPS) is 18.5. The molecular formula is C17H16N4O2S. The van der Waals surface area contributed by atoms with Crippen molar-refractivity contribution in [3.05, 3.63) is 41.1 Å². The molecule has 2 amide bonds. The second-order valence-corrected chi connectivity index (χ2v) is 6.70. The number of hydrogen-bond donors (Lipinski definition) is 2. The molecule has 6 nitrogen and oxygen atoms in total. The molecule has 1 saturated carbocycles. The Hall–Kier alpha value is -2.72. The van der Waals surface area contributed by atoms with Crippen LogP contribution >= 0.6 is 11.5 Å². The van der Waals surface area contributed by atoms with E-state index in [0.29, 0.717) is 33.4 Å². The van der Waals surface area contributed by atoms with E-state index in [1.54, 1.807) is 31.2 Å². The van der Waals surface area contributed by atoms with Gasteiger partial charge < -0.3 is 10.6 Å². The van der Waals surface area contributed by atoms with Crippen LogP contribution in [0.25, 0.3) is 0 Å². The van der Waals surface area contributed by atoms with Gasteiger partial charge in [-0.3, -0.25) is 9.59 Å². The molecule has 1 heterocycles. The van der Waals surface area contributed by atoms with E-state index in [-0.39, 0.29) is 17.7 Å². The molecule has 24 heavy (non-hydrogen) atoms. The Bertz CT molecular complexity index is 853. The first kappa shape index (κ1) is 16.1. The number of aryl methyl sites for hydroxylation is 1. The molecule has 122 valence electrons. The van der Waals surface area contributed by atoms with E-state index < -0.39 is 0 Å². The van der Waals surface area contributed by atoms with Crippen LogP contribution in [-0.4, -0.2) is 16.2 Å². The van der Waals surface area contributed by atoms with Crippen molar-refractivity contribution in [1.29, 1.82) is 5.26 Å². The maximum Gasteiger partial charge on any atom is 0.256 e. The van der Waals surface area contributed by atoms with Crippen LogP contribution < -0.4 is 10.6 Å². The fourth-order valence-electron chi connectivity index (χ4n) is 2.42. The van der Waals surface area contributed by atoms with Crippen LogP contribution in [0.3, 0.4) is 0 Å². The van der Waals surface area contributed by atoms with Gasteiger partial charge in [-0.25, -0.2) is 0 Å². The number of nitriles is 1. The zero-order valence-electron chi connectivity index (χ0n) is 13.3. The van der Waals surface area contributed by atoms with E-state index in [9.17, 15) is 9.59 Å². The Labute approximate surface area is 143 Å². The zero-order valence-corrected chi connectivity index (χ0v) is 14.1. The summed E-state index contributed by atoms with van der Waals surface area (Å²) in [6.45, 7) is 3.76. The molecule has 0 spiro atoms. The Morgan fingerprint density at radius 1 is 1.38 bits per heavy atom. The number of rotatable bonds is 4. The van der Waals surface area contributed by atoms with Crippen LogP contribution in [0.15, 0.2) is 24.3 Å². The Morgan fingerprint density at radius 2 is 2.12 bits per heavy atom. The summed E-state index contributed by atoms with van der Waals surface area (Å²) < 4.78 is 4.07. The highest BCUT2D eigenvalue weighted by molar-refractivity contribution is 7.10. The number of carbonyl (C=O) groups is 2. The van der Waals surface area contributed by atoms with Gasteiger partial charge >= 0.3 is 0 Å². The van der Waals surface area contributed by atoms with Crippen molar-refractivity contribution in [2.24, 2.45) is 11.8 Å². The summed E-state index contributed by atoms with van der Waals surface area (Å²) in [6.07, 6.45) is 0.910. The first-order chi connectivity index (χ1) is 11.5. The summed E-state index contributed by atoms with van der Waals surface area (Å²) in [4.78, 5) is 24.4. The topological polar surface area (TPSA) is 94.9 Å². The van der Waals surface area contributed by atoms with Gasteiger partial charge in [-0.15, -0.1) is 0 Å². The molecule has 2 aromatic rings. The van der Waals surface area contributed by atoms with Crippen molar-refractivity contribution in [2.75, 3.05) is 10.6 Å². The van der Waals surface area contributed by atoms with Gasteiger partial charge in [0.05, 0.1) is 5.69 Å². The lowest BCUT2D eigenvalue weighted by Crippen LogP contribution is -2.16. The van der Waals surface area contributed by atoms with Crippen molar-refractivity contribution in [2.45, 2.75) is 20.3 Å². The van der Waals surface area contributed by atoms with Gasteiger partial charge in [0.15, 0.2) is 0 Å². The number of anilines is 2. The second-order valence-electron chi connectivity index (χ2n) is 5.93. The summed E-state index contributed by atoms with van der Waals surface area (Å²) >= 11 is 1.08. The van der Waals surface area contributed by atoms with Gasteiger partial charge in [0.1, 0.15) is 16.6 Å². The number of benzene rings is 1. The third-order valence-corrected chi connectivity index (χ3v) is 4.89. The quantitative estimate of drug-likeness (QED) is 0.893. The van der Waals surface area contributed by atoms with Crippen LogP contribution in [0.2, 0.25) is 0 Å². The number of nitrogens with zero attached hydrogens (tertiary/aromatic N) is 2. The van der Waals surface area contributed by atoms with Crippen molar-refractivity contribution in [3.8, 4) is 6.07 Å². The molecule has 0 bridgehead atoms. The smallest absolute Gasteiger partial charge is 0.256 e. The number of carbonyl (C=O) groups excluding carboxylic acids is 2. The molecule has 1 aliphatic rings. The number of amides is 2. The average Bonchev–Trinajstić information content (AvgIpc) is 3.20. The molecule has 3 rings (SSSR count). The van der Waals surface area contributed by atoms with Crippen LogP contribution in [-0.2, 0) is 4.79 Å². The van der Waals surface area contributed by atoms with Crippen LogP contribution in [0.5, 0.6) is 0 Å².